The van der Waals surface area contributed by atoms with Crippen molar-refractivity contribution >= 4 is 17.6 Å². The molecule has 4 nitrogen and oxygen atoms in total. The average molecular weight is 460 g/mol. The van der Waals surface area contributed by atoms with Crippen LogP contribution in [0.1, 0.15) is 35.6 Å². The molecule has 0 aliphatic carbocycles. The molecule has 32 heavy (non-hydrogen) atoms. The van der Waals surface area contributed by atoms with Gasteiger partial charge in [0.05, 0.1) is 6.54 Å². The molecule has 3 aromatic rings. The zero-order chi connectivity index (χ0) is 23.0. The molecule has 0 aliphatic heterocycles. The third kappa shape index (κ3) is 6.52. The highest BCUT2D eigenvalue weighted by atomic mass is 35.5. The predicted octanol–water partition coefficient (Wildman–Crippen LogP) is 6.05. The summed E-state index contributed by atoms with van der Waals surface area (Å²) in [6.45, 7) is 0.436. The second-order valence-electron chi connectivity index (χ2n) is 7.34. The first-order valence-corrected chi connectivity index (χ1v) is 10.6. The van der Waals surface area contributed by atoms with Crippen LogP contribution in [0.15, 0.2) is 78.9 Å². The van der Waals surface area contributed by atoms with Crippen molar-refractivity contribution in [3.05, 3.63) is 101 Å². The number of ether oxygens (including phenoxy) is 1. The van der Waals surface area contributed by atoms with Gasteiger partial charge in [0.1, 0.15) is 11.9 Å². The van der Waals surface area contributed by atoms with Crippen LogP contribution in [0, 0.1) is 0 Å². The summed E-state index contributed by atoms with van der Waals surface area (Å²) in [4.78, 5) is 10.6. The number of carbonyl (C=O) groups is 1. The minimum absolute atomic E-state index is 0.0971. The SMILES string of the molecule is O=C(O)CNCCCC(Oc1ccc(C(F)(F)c2ccc(Cl)cc2)cc1)c1ccccc1. The summed E-state index contributed by atoms with van der Waals surface area (Å²) in [7, 11) is 0. The van der Waals surface area contributed by atoms with Crippen LogP contribution in [-0.2, 0) is 10.7 Å². The number of hydrogen-bond donors (Lipinski definition) is 2. The van der Waals surface area contributed by atoms with Gasteiger partial charge >= 0.3 is 5.97 Å². The van der Waals surface area contributed by atoms with Crippen molar-refractivity contribution in [1.29, 1.82) is 0 Å². The van der Waals surface area contributed by atoms with E-state index in [1.165, 1.54) is 48.5 Å². The summed E-state index contributed by atoms with van der Waals surface area (Å²) >= 11 is 5.80. The van der Waals surface area contributed by atoms with Gasteiger partial charge in [-0.15, -0.1) is 0 Å². The fraction of sp³-hybridized carbons (Fsp3) is 0.240. The first-order chi connectivity index (χ1) is 15.4. The fourth-order valence-electron chi connectivity index (χ4n) is 3.30. The Labute approximate surface area is 190 Å². The summed E-state index contributed by atoms with van der Waals surface area (Å²) in [5, 5.41) is 12.0. The van der Waals surface area contributed by atoms with Gasteiger partial charge in [-0.05, 0) is 61.3 Å². The van der Waals surface area contributed by atoms with E-state index in [0.29, 0.717) is 30.2 Å². The molecule has 0 fully saturated rings. The predicted molar refractivity (Wildman–Crippen MR) is 120 cm³/mol. The lowest BCUT2D eigenvalue weighted by Gasteiger charge is -2.21. The van der Waals surface area contributed by atoms with Crippen molar-refractivity contribution in [2.24, 2.45) is 0 Å². The Morgan fingerprint density at radius 1 is 0.969 bits per heavy atom. The zero-order valence-corrected chi connectivity index (χ0v) is 18.1. The first-order valence-electron chi connectivity index (χ1n) is 10.2. The minimum atomic E-state index is -3.15. The van der Waals surface area contributed by atoms with Crippen molar-refractivity contribution in [3.8, 4) is 5.75 Å². The van der Waals surface area contributed by atoms with Gasteiger partial charge in [-0.3, -0.25) is 4.79 Å². The Balaban J connectivity index is 1.69. The number of rotatable bonds is 11. The number of nitrogens with one attached hydrogen (secondary N) is 1. The lowest BCUT2D eigenvalue weighted by molar-refractivity contribution is -0.135. The van der Waals surface area contributed by atoms with Crippen molar-refractivity contribution in [2.75, 3.05) is 13.1 Å². The van der Waals surface area contributed by atoms with Gasteiger partial charge in [-0.2, -0.15) is 8.78 Å². The topological polar surface area (TPSA) is 58.6 Å². The highest BCUT2D eigenvalue weighted by Crippen LogP contribution is 2.37. The highest BCUT2D eigenvalue weighted by Gasteiger charge is 2.33. The second-order valence-corrected chi connectivity index (χ2v) is 7.77. The van der Waals surface area contributed by atoms with Crippen LogP contribution < -0.4 is 10.1 Å². The van der Waals surface area contributed by atoms with Crippen molar-refractivity contribution in [3.63, 3.8) is 0 Å². The van der Waals surface area contributed by atoms with Gasteiger partial charge in [0.25, 0.3) is 5.92 Å². The largest absolute Gasteiger partial charge is 0.486 e. The molecule has 7 heteroatoms. The van der Waals surface area contributed by atoms with Crippen molar-refractivity contribution in [1.82, 2.24) is 5.32 Å². The number of benzene rings is 3. The maximum Gasteiger partial charge on any atom is 0.317 e. The third-order valence-corrected chi connectivity index (χ3v) is 5.22. The quantitative estimate of drug-likeness (QED) is 0.342. The van der Waals surface area contributed by atoms with Crippen LogP contribution in [0.3, 0.4) is 0 Å². The monoisotopic (exact) mass is 459 g/mol. The number of carboxylic acids is 1. The highest BCUT2D eigenvalue weighted by molar-refractivity contribution is 6.30. The molecule has 0 spiro atoms. The van der Waals surface area contributed by atoms with E-state index in [0.717, 1.165) is 5.56 Å². The molecule has 3 rings (SSSR count). The molecule has 2 N–H and O–H groups in total. The number of aliphatic carboxylic acids is 1. The summed E-state index contributed by atoms with van der Waals surface area (Å²) in [5.74, 6) is -3.58. The summed E-state index contributed by atoms with van der Waals surface area (Å²) < 4.78 is 35.8. The van der Waals surface area contributed by atoms with E-state index < -0.39 is 11.9 Å². The Bertz CT molecular complexity index is 996. The molecule has 3 aromatic carbocycles. The number of carboxylic acid groups (broad SMARTS) is 1. The van der Waals surface area contributed by atoms with Crippen molar-refractivity contribution in [2.45, 2.75) is 24.9 Å². The van der Waals surface area contributed by atoms with Crippen LogP contribution in [-0.4, -0.2) is 24.2 Å². The van der Waals surface area contributed by atoms with Crippen LogP contribution in [0.5, 0.6) is 5.75 Å². The molecule has 1 atom stereocenters. The molecule has 0 radical (unpaired) electrons. The minimum Gasteiger partial charge on any atom is -0.486 e. The van der Waals surface area contributed by atoms with Gasteiger partial charge in [-0.1, -0.05) is 54.1 Å². The molecule has 0 aliphatic rings. The van der Waals surface area contributed by atoms with Gasteiger partial charge in [0, 0.05) is 16.1 Å². The molecular formula is C25H24ClF2NO3. The Morgan fingerprint density at radius 3 is 2.16 bits per heavy atom. The smallest absolute Gasteiger partial charge is 0.317 e. The van der Waals surface area contributed by atoms with Gasteiger partial charge in [-0.25, -0.2) is 0 Å². The number of halogens is 3. The van der Waals surface area contributed by atoms with Crippen LogP contribution in [0.2, 0.25) is 5.02 Å². The normalized spacial score (nSPS) is 12.3. The summed E-state index contributed by atoms with van der Waals surface area (Å²) in [6.07, 6.45) is 1.05. The molecule has 0 saturated carbocycles. The van der Waals surface area contributed by atoms with Crippen LogP contribution in [0.25, 0.3) is 0 Å². The Morgan fingerprint density at radius 2 is 1.56 bits per heavy atom. The molecule has 168 valence electrons. The fourth-order valence-corrected chi connectivity index (χ4v) is 3.43. The molecule has 0 bridgehead atoms. The van der Waals surface area contributed by atoms with E-state index in [9.17, 15) is 13.6 Å². The lowest BCUT2D eigenvalue weighted by atomic mass is 10.0. The number of alkyl halides is 2. The molecule has 0 saturated heterocycles. The van der Waals surface area contributed by atoms with E-state index in [1.54, 1.807) is 0 Å². The van der Waals surface area contributed by atoms with Crippen molar-refractivity contribution < 1.29 is 23.4 Å². The first kappa shape index (κ1) is 23.7. The third-order valence-electron chi connectivity index (χ3n) is 4.97. The van der Waals surface area contributed by atoms with E-state index >= 15 is 0 Å². The maximum atomic E-state index is 14.8. The molecule has 0 heterocycles. The molecule has 0 aromatic heterocycles. The Hall–Kier alpha value is -2.96. The van der Waals surface area contributed by atoms with Gasteiger partial charge < -0.3 is 15.2 Å². The van der Waals surface area contributed by atoms with Gasteiger partial charge in [0.15, 0.2) is 0 Å². The summed E-state index contributed by atoms with van der Waals surface area (Å²) in [5.41, 5.74) is 0.689. The van der Waals surface area contributed by atoms with E-state index in [-0.39, 0.29) is 23.8 Å². The molecule has 0 amide bonds. The average Bonchev–Trinajstić information content (AvgIpc) is 2.79. The molecule has 1 unspecified atom stereocenters. The van der Waals surface area contributed by atoms with E-state index in [4.69, 9.17) is 21.4 Å². The maximum absolute atomic E-state index is 14.8. The standard InChI is InChI=1S/C25H24ClF2NO3/c26-21-12-8-19(9-13-21)25(27,28)20-10-14-22(15-11-20)32-23(18-5-2-1-3-6-18)7-4-16-29-17-24(30)31/h1-3,5-6,8-15,23,29H,4,7,16-17H2,(H,30,31). The number of hydrogen-bond acceptors (Lipinski definition) is 3. The molecular weight excluding hydrogens is 436 g/mol. The van der Waals surface area contributed by atoms with E-state index in [1.807, 2.05) is 30.3 Å². The second kappa shape index (κ2) is 11.1. The summed E-state index contributed by atoms with van der Waals surface area (Å²) in [6, 6.07) is 20.9. The van der Waals surface area contributed by atoms with E-state index in [2.05, 4.69) is 5.32 Å². The van der Waals surface area contributed by atoms with Gasteiger partial charge in [0.2, 0.25) is 0 Å². The lowest BCUT2D eigenvalue weighted by Crippen LogP contribution is -2.24. The Kier molecular flexibility index (Phi) is 8.20. The zero-order valence-electron chi connectivity index (χ0n) is 17.3. The van der Waals surface area contributed by atoms with Crippen LogP contribution in [0.4, 0.5) is 8.78 Å². The van der Waals surface area contributed by atoms with Crippen LogP contribution >= 0.6 is 11.6 Å².